The van der Waals surface area contributed by atoms with Gasteiger partial charge >= 0.3 is 6.18 Å². The Hall–Kier alpha value is -2.48. The van der Waals surface area contributed by atoms with E-state index in [-0.39, 0.29) is 10.5 Å². The summed E-state index contributed by atoms with van der Waals surface area (Å²) in [6, 6.07) is 8.00. The molecule has 0 saturated heterocycles. The highest BCUT2D eigenvalue weighted by molar-refractivity contribution is 7.90. The van der Waals surface area contributed by atoms with E-state index in [4.69, 9.17) is 0 Å². The first kappa shape index (κ1) is 18.3. The van der Waals surface area contributed by atoms with Gasteiger partial charge in [-0.1, -0.05) is 24.3 Å². The third kappa shape index (κ3) is 3.70. The summed E-state index contributed by atoms with van der Waals surface area (Å²) in [7, 11) is -3.41. The zero-order valence-electron chi connectivity index (χ0n) is 13.5. The largest absolute Gasteiger partial charge is 0.398 e. The lowest BCUT2D eigenvalue weighted by Gasteiger charge is -2.10. The number of sulfone groups is 1. The molecule has 1 aliphatic carbocycles. The summed E-state index contributed by atoms with van der Waals surface area (Å²) in [5.74, 6) is -2.52. The molecule has 2 aromatic rings. The van der Waals surface area contributed by atoms with Crippen LogP contribution in [0.1, 0.15) is 11.1 Å². The van der Waals surface area contributed by atoms with Gasteiger partial charge < -0.3 is 0 Å². The average Bonchev–Trinajstić information content (AvgIpc) is 3.00. The molecule has 1 aromatic carbocycles. The molecule has 0 amide bonds. The van der Waals surface area contributed by atoms with E-state index in [1.54, 1.807) is 0 Å². The molecule has 8 heteroatoms. The monoisotopic (exact) mass is 383 g/mol. The van der Waals surface area contributed by atoms with Crippen LogP contribution in [-0.2, 0) is 9.84 Å². The quantitative estimate of drug-likeness (QED) is 0.587. The number of hydrogen-bond donors (Lipinski definition) is 0. The van der Waals surface area contributed by atoms with Gasteiger partial charge in [0.15, 0.2) is 9.84 Å². The van der Waals surface area contributed by atoms with Gasteiger partial charge in [0.1, 0.15) is 0 Å². The Labute approximate surface area is 147 Å². The number of nitrogens with zero attached hydrogens (tertiary/aromatic N) is 1. The molecule has 136 valence electrons. The van der Waals surface area contributed by atoms with E-state index < -0.39 is 27.9 Å². The molecule has 3 nitrogen and oxygen atoms in total. The maximum absolute atomic E-state index is 13.2. The van der Waals surface area contributed by atoms with Crippen molar-refractivity contribution in [1.82, 2.24) is 4.98 Å². The van der Waals surface area contributed by atoms with Crippen LogP contribution in [0.2, 0.25) is 0 Å². The normalized spacial score (nSPS) is 17.8. The molecule has 0 radical (unpaired) electrons. The van der Waals surface area contributed by atoms with Gasteiger partial charge in [-0.05, 0) is 41.0 Å². The summed E-state index contributed by atoms with van der Waals surface area (Å²) in [6.07, 6.45) is -0.138. The molecule has 0 N–H and O–H groups in total. The third-order valence-corrected chi connectivity index (χ3v) is 5.12. The first-order valence-corrected chi connectivity index (χ1v) is 9.38. The molecular formula is C18H13F4NO2S. The van der Waals surface area contributed by atoms with Crippen molar-refractivity contribution in [3.63, 3.8) is 0 Å². The number of halogens is 4. The molecule has 1 heterocycles. The van der Waals surface area contributed by atoms with Crippen molar-refractivity contribution in [1.29, 1.82) is 0 Å². The predicted octanol–water partition coefficient (Wildman–Crippen LogP) is 4.28. The summed E-state index contributed by atoms with van der Waals surface area (Å²) >= 11 is 0. The van der Waals surface area contributed by atoms with Crippen molar-refractivity contribution >= 4 is 21.0 Å². The van der Waals surface area contributed by atoms with Gasteiger partial charge in [-0.3, -0.25) is 0 Å². The second-order valence-electron chi connectivity index (χ2n) is 5.89. The summed E-state index contributed by atoms with van der Waals surface area (Å²) in [5.41, 5.74) is 1.34. The van der Waals surface area contributed by atoms with E-state index in [0.29, 0.717) is 16.7 Å². The number of allylic oxidation sites excluding steroid dienone is 4. The number of pyridine rings is 1. The highest BCUT2D eigenvalue weighted by Crippen LogP contribution is 2.43. The molecule has 3 rings (SSSR count). The van der Waals surface area contributed by atoms with Crippen molar-refractivity contribution in [2.24, 2.45) is 5.92 Å². The standard InChI is InChI=1S/C18H13F4NO2S/c1-26(24,25)14-5-2-11(3-6-14)15-8-13(18(20,21)22)9-16(15)12-4-7-17(19)23-10-12/h2-10,13H,1H3. The van der Waals surface area contributed by atoms with Crippen molar-refractivity contribution < 1.29 is 26.0 Å². The van der Waals surface area contributed by atoms with Crippen LogP contribution in [0.25, 0.3) is 11.1 Å². The van der Waals surface area contributed by atoms with Crippen LogP contribution in [-0.4, -0.2) is 25.8 Å². The minimum atomic E-state index is -4.47. The van der Waals surface area contributed by atoms with Gasteiger partial charge in [0.25, 0.3) is 0 Å². The van der Waals surface area contributed by atoms with Crippen molar-refractivity contribution in [2.75, 3.05) is 6.26 Å². The maximum Gasteiger partial charge on any atom is 0.398 e. The van der Waals surface area contributed by atoms with Crippen LogP contribution in [0.5, 0.6) is 0 Å². The van der Waals surface area contributed by atoms with Gasteiger partial charge in [0.2, 0.25) is 5.95 Å². The van der Waals surface area contributed by atoms with Crippen LogP contribution < -0.4 is 0 Å². The fraction of sp³-hybridized carbons (Fsp3) is 0.167. The Kier molecular flexibility index (Phi) is 4.47. The lowest BCUT2D eigenvalue weighted by atomic mass is 9.96. The third-order valence-electron chi connectivity index (χ3n) is 3.99. The van der Waals surface area contributed by atoms with Crippen LogP contribution in [0.4, 0.5) is 17.6 Å². The molecule has 0 spiro atoms. The number of rotatable bonds is 3. The molecule has 0 aliphatic heterocycles. The summed E-state index contributed by atoms with van der Waals surface area (Å²) in [5, 5.41) is 0. The fourth-order valence-corrected chi connectivity index (χ4v) is 3.33. The van der Waals surface area contributed by atoms with Crippen LogP contribution in [0.15, 0.2) is 59.6 Å². The molecule has 1 aliphatic rings. The average molecular weight is 383 g/mol. The number of hydrogen-bond acceptors (Lipinski definition) is 3. The minimum absolute atomic E-state index is 0.0706. The van der Waals surface area contributed by atoms with Gasteiger partial charge in [-0.25, -0.2) is 13.4 Å². The molecule has 0 fully saturated rings. The zero-order chi connectivity index (χ0) is 19.1. The van der Waals surface area contributed by atoms with Gasteiger partial charge in [-0.2, -0.15) is 17.6 Å². The van der Waals surface area contributed by atoms with Crippen molar-refractivity contribution in [2.45, 2.75) is 11.1 Å². The van der Waals surface area contributed by atoms with Crippen LogP contribution in [0, 0.1) is 11.9 Å². The van der Waals surface area contributed by atoms with E-state index in [1.807, 2.05) is 0 Å². The smallest absolute Gasteiger partial charge is 0.228 e. The zero-order valence-corrected chi connectivity index (χ0v) is 14.3. The van der Waals surface area contributed by atoms with E-state index >= 15 is 0 Å². The molecule has 1 unspecified atom stereocenters. The summed E-state index contributed by atoms with van der Waals surface area (Å²) in [4.78, 5) is 3.56. The molecule has 26 heavy (non-hydrogen) atoms. The van der Waals surface area contributed by atoms with Crippen LogP contribution >= 0.6 is 0 Å². The Morgan fingerprint density at radius 3 is 1.92 bits per heavy atom. The van der Waals surface area contributed by atoms with Gasteiger partial charge in [-0.15, -0.1) is 0 Å². The van der Waals surface area contributed by atoms with Crippen molar-refractivity contribution in [3.8, 4) is 0 Å². The van der Waals surface area contributed by atoms with E-state index in [0.717, 1.165) is 24.5 Å². The van der Waals surface area contributed by atoms with Crippen molar-refractivity contribution in [3.05, 3.63) is 71.8 Å². The predicted molar refractivity (Wildman–Crippen MR) is 89.2 cm³/mol. The van der Waals surface area contributed by atoms with E-state index in [9.17, 15) is 26.0 Å². The SMILES string of the molecule is CS(=O)(=O)c1ccc(C2=CC(C(F)(F)F)C=C2c2ccc(F)nc2)cc1. The van der Waals surface area contributed by atoms with Gasteiger partial charge in [0.05, 0.1) is 10.8 Å². The summed E-state index contributed by atoms with van der Waals surface area (Å²) < 4.78 is 75.7. The molecule has 0 saturated carbocycles. The highest BCUT2D eigenvalue weighted by Gasteiger charge is 2.40. The number of alkyl halides is 3. The molecule has 1 aromatic heterocycles. The Morgan fingerprint density at radius 2 is 1.46 bits per heavy atom. The Balaban J connectivity index is 2.07. The van der Waals surface area contributed by atoms with E-state index in [2.05, 4.69) is 4.98 Å². The lowest BCUT2D eigenvalue weighted by Crippen LogP contribution is -2.17. The lowest BCUT2D eigenvalue weighted by molar-refractivity contribution is -0.148. The van der Waals surface area contributed by atoms with E-state index in [1.165, 1.54) is 36.5 Å². The maximum atomic E-state index is 13.2. The molecule has 1 atom stereocenters. The first-order chi connectivity index (χ1) is 12.1. The minimum Gasteiger partial charge on any atom is -0.228 e. The Bertz CT molecular complexity index is 989. The van der Waals surface area contributed by atoms with Crippen LogP contribution in [0.3, 0.4) is 0 Å². The molecule has 0 bridgehead atoms. The second-order valence-corrected chi connectivity index (χ2v) is 7.91. The first-order valence-electron chi connectivity index (χ1n) is 7.49. The second kappa shape index (κ2) is 6.35. The number of aromatic nitrogens is 1. The fourth-order valence-electron chi connectivity index (χ4n) is 2.70. The Morgan fingerprint density at radius 1 is 0.923 bits per heavy atom. The summed E-state index contributed by atoms with van der Waals surface area (Å²) in [6.45, 7) is 0. The topological polar surface area (TPSA) is 47.0 Å². The molecular weight excluding hydrogens is 370 g/mol. The highest BCUT2D eigenvalue weighted by atomic mass is 32.2. The van der Waals surface area contributed by atoms with Gasteiger partial charge in [0, 0.05) is 18.0 Å². The number of benzene rings is 1.